The fourth-order valence-corrected chi connectivity index (χ4v) is 3.91. The van der Waals surface area contributed by atoms with Gasteiger partial charge >= 0.3 is 12.1 Å². The summed E-state index contributed by atoms with van der Waals surface area (Å²) in [5.74, 6) is -0.169. The van der Waals surface area contributed by atoms with E-state index in [0.29, 0.717) is 22.5 Å². The lowest BCUT2D eigenvalue weighted by molar-refractivity contribution is 0.00873. The van der Waals surface area contributed by atoms with Crippen LogP contribution in [0.5, 0.6) is 0 Å². The number of amides is 3. The molecule has 4 atom stereocenters. The number of ether oxygens (including phenoxy) is 3. The van der Waals surface area contributed by atoms with Crippen LogP contribution in [0.1, 0.15) is 34.6 Å². The van der Waals surface area contributed by atoms with Gasteiger partial charge in [0.25, 0.3) is 0 Å². The van der Waals surface area contributed by atoms with Crippen LogP contribution in [0.3, 0.4) is 0 Å². The van der Waals surface area contributed by atoms with Gasteiger partial charge < -0.3 is 24.8 Å². The number of benzene rings is 2. The van der Waals surface area contributed by atoms with E-state index in [1.165, 1.54) is 13.8 Å². The molecule has 3 amide bonds. The highest BCUT2D eigenvalue weighted by molar-refractivity contribution is 5.96. The van der Waals surface area contributed by atoms with Gasteiger partial charge in [0.1, 0.15) is 12.2 Å². The smallest absolute Gasteiger partial charge is 0.412 e. The second-order valence-electron chi connectivity index (χ2n) is 8.14. The molecule has 0 saturated carbocycles. The second-order valence-corrected chi connectivity index (χ2v) is 8.14. The van der Waals surface area contributed by atoms with Gasteiger partial charge in [-0.3, -0.25) is 14.9 Å². The minimum atomic E-state index is -0.693. The number of hydrogen-bond acceptors (Lipinski definition) is 7. The van der Waals surface area contributed by atoms with Crippen molar-refractivity contribution in [2.75, 3.05) is 23.8 Å². The summed E-state index contributed by atoms with van der Waals surface area (Å²) in [5.41, 5.74) is 2.01. The van der Waals surface area contributed by atoms with Gasteiger partial charge in [-0.25, -0.2) is 9.59 Å². The number of rotatable bonds is 6. The molecular formula is C24H25N3O7. The van der Waals surface area contributed by atoms with E-state index < -0.39 is 36.5 Å². The SMILES string of the molecule is CC(=O)c1ccc(NC(=O)N[C@@H]2CO[C@@H]3[C@@H]2OC[C@H]3OC(=O)Nc2cccc(C(C)=O)c2)cc1. The number of ketones is 2. The van der Waals surface area contributed by atoms with E-state index in [9.17, 15) is 19.2 Å². The Bertz CT molecular complexity index is 1100. The largest absolute Gasteiger partial charge is 0.441 e. The van der Waals surface area contributed by atoms with Crippen molar-refractivity contribution >= 4 is 35.1 Å². The number of carbonyl (C=O) groups excluding carboxylic acids is 4. The fraction of sp³-hybridized carbons (Fsp3) is 0.333. The first-order valence-electron chi connectivity index (χ1n) is 10.8. The quantitative estimate of drug-likeness (QED) is 0.557. The monoisotopic (exact) mass is 467 g/mol. The number of fused-ring (bicyclic) bond motifs is 1. The molecule has 2 aromatic carbocycles. The van der Waals surface area contributed by atoms with Crippen LogP contribution in [0, 0.1) is 0 Å². The number of nitrogens with one attached hydrogen (secondary N) is 3. The molecule has 0 aromatic heterocycles. The van der Waals surface area contributed by atoms with E-state index in [-0.39, 0.29) is 24.8 Å². The van der Waals surface area contributed by atoms with Gasteiger partial charge in [-0.05, 0) is 50.2 Å². The molecule has 0 aliphatic carbocycles. The van der Waals surface area contributed by atoms with Crippen LogP contribution in [-0.4, -0.2) is 61.3 Å². The van der Waals surface area contributed by atoms with Crippen LogP contribution in [0.2, 0.25) is 0 Å². The highest BCUT2D eigenvalue weighted by Crippen LogP contribution is 2.29. The Labute approximate surface area is 195 Å². The molecule has 2 saturated heterocycles. The summed E-state index contributed by atoms with van der Waals surface area (Å²) >= 11 is 0. The van der Waals surface area contributed by atoms with Crippen LogP contribution in [0.15, 0.2) is 48.5 Å². The van der Waals surface area contributed by atoms with Crippen LogP contribution in [0.25, 0.3) is 0 Å². The normalized spacial score (nSPS) is 23.0. The highest BCUT2D eigenvalue weighted by Gasteiger charge is 2.50. The molecule has 178 valence electrons. The first kappa shape index (κ1) is 23.4. The topological polar surface area (TPSA) is 132 Å². The fourth-order valence-electron chi connectivity index (χ4n) is 3.91. The molecule has 4 rings (SSSR count). The number of anilines is 2. The molecule has 2 aromatic rings. The lowest BCUT2D eigenvalue weighted by Gasteiger charge is -2.18. The Balaban J connectivity index is 1.28. The third kappa shape index (κ3) is 5.41. The molecule has 10 nitrogen and oxygen atoms in total. The van der Waals surface area contributed by atoms with E-state index in [0.717, 1.165) is 0 Å². The summed E-state index contributed by atoms with van der Waals surface area (Å²) in [4.78, 5) is 47.6. The molecule has 34 heavy (non-hydrogen) atoms. The third-order valence-corrected chi connectivity index (χ3v) is 5.65. The van der Waals surface area contributed by atoms with Gasteiger partial charge in [0, 0.05) is 22.5 Å². The Morgan fingerprint density at radius 3 is 2.24 bits per heavy atom. The minimum absolute atomic E-state index is 0.0569. The van der Waals surface area contributed by atoms with Gasteiger partial charge in [0.15, 0.2) is 17.7 Å². The predicted molar refractivity (Wildman–Crippen MR) is 122 cm³/mol. The van der Waals surface area contributed by atoms with Crippen molar-refractivity contribution in [3.63, 3.8) is 0 Å². The van der Waals surface area contributed by atoms with E-state index in [2.05, 4.69) is 16.0 Å². The summed E-state index contributed by atoms with van der Waals surface area (Å²) in [7, 11) is 0. The zero-order valence-corrected chi connectivity index (χ0v) is 18.7. The van der Waals surface area contributed by atoms with E-state index in [4.69, 9.17) is 14.2 Å². The zero-order valence-electron chi connectivity index (χ0n) is 18.7. The maximum absolute atomic E-state index is 12.4. The molecule has 0 bridgehead atoms. The lowest BCUT2D eigenvalue weighted by Crippen LogP contribution is -2.46. The predicted octanol–water partition coefficient (Wildman–Crippen LogP) is 3.00. The molecule has 2 fully saturated rings. The third-order valence-electron chi connectivity index (χ3n) is 5.65. The van der Waals surface area contributed by atoms with Gasteiger partial charge in [-0.15, -0.1) is 0 Å². The maximum Gasteiger partial charge on any atom is 0.412 e. The van der Waals surface area contributed by atoms with E-state index in [1.54, 1.807) is 48.5 Å². The van der Waals surface area contributed by atoms with E-state index in [1.807, 2.05) is 0 Å². The molecule has 0 spiro atoms. The number of hydrogen-bond donors (Lipinski definition) is 3. The lowest BCUT2D eigenvalue weighted by atomic mass is 10.1. The average Bonchev–Trinajstić information content (AvgIpc) is 3.37. The molecule has 2 aliphatic heterocycles. The Morgan fingerprint density at radius 1 is 0.824 bits per heavy atom. The van der Waals surface area contributed by atoms with Crippen molar-refractivity contribution < 1.29 is 33.4 Å². The molecule has 0 unspecified atom stereocenters. The van der Waals surface area contributed by atoms with Crippen molar-refractivity contribution in [2.45, 2.75) is 38.2 Å². The summed E-state index contributed by atoms with van der Waals surface area (Å²) in [5, 5.41) is 8.12. The first-order chi connectivity index (χ1) is 16.3. The van der Waals surface area contributed by atoms with Gasteiger partial charge in [-0.1, -0.05) is 12.1 Å². The minimum Gasteiger partial charge on any atom is -0.441 e. The van der Waals surface area contributed by atoms with Crippen LogP contribution in [0.4, 0.5) is 21.0 Å². The molecule has 0 radical (unpaired) electrons. The van der Waals surface area contributed by atoms with Gasteiger partial charge in [-0.2, -0.15) is 0 Å². The van der Waals surface area contributed by atoms with Crippen molar-refractivity contribution in [2.24, 2.45) is 0 Å². The van der Waals surface area contributed by atoms with Crippen molar-refractivity contribution in [1.82, 2.24) is 5.32 Å². The first-order valence-corrected chi connectivity index (χ1v) is 10.8. The standard InChI is InChI=1S/C24H25N3O7/c1-13(28)15-6-8-17(9-7-15)25-23(30)27-19-11-32-22-20(12-33-21(19)22)34-24(31)26-18-5-3-4-16(10-18)14(2)29/h3-10,19-22H,11-12H2,1-2H3,(H,26,31)(H2,25,27,30)/t19-,20-,21-,22+/m1/s1. The van der Waals surface area contributed by atoms with Crippen molar-refractivity contribution in [1.29, 1.82) is 0 Å². The summed E-state index contributed by atoms with van der Waals surface area (Å²) in [6.45, 7) is 3.25. The second kappa shape index (κ2) is 10.0. The number of Topliss-reactive ketones (excluding diaryl/α,β-unsaturated/α-hetero) is 2. The molecule has 2 heterocycles. The van der Waals surface area contributed by atoms with Crippen LogP contribution >= 0.6 is 0 Å². The summed E-state index contributed by atoms with van der Waals surface area (Å²) < 4.78 is 17.0. The summed E-state index contributed by atoms with van der Waals surface area (Å²) in [6.07, 6.45) is -2.32. The van der Waals surface area contributed by atoms with Gasteiger partial charge in [0.05, 0.1) is 19.3 Å². The Kier molecular flexibility index (Phi) is 6.90. The summed E-state index contributed by atoms with van der Waals surface area (Å²) in [6, 6.07) is 12.2. The number of urea groups is 1. The Morgan fingerprint density at radius 2 is 1.53 bits per heavy atom. The molecule has 10 heteroatoms. The van der Waals surface area contributed by atoms with Crippen molar-refractivity contribution in [3.8, 4) is 0 Å². The average molecular weight is 467 g/mol. The number of carbonyl (C=O) groups is 4. The van der Waals surface area contributed by atoms with Crippen LogP contribution < -0.4 is 16.0 Å². The highest BCUT2D eigenvalue weighted by atomic mass is 16.6. The zero-order chi connectivity index (χ0) is 24.2. The maximum atomic E-state index is 12.4. The molecule has 2 aliphatic rings. The molecular weight excluding hydrogens is 442 g/mol. The van der Waals surface area contributed by atoms with Crippen molar-refractivity contribution in [3.05, 3.63) is 59.7 Å². The van der Waals surface area contributed by atoms with E-state index >= 15 is 0 Å². The Hall–Kier alpha value is -3.76. The molecule has 3 N–H and O–H groups in total. The van der Waals surface area contributed by atoms with Crippen LogP contribution in [-0.2, 0) is 14.2 Å². The van der Waals surface area contributed by atoms with Gasteiger partial charge in [0.2, 0.25) is 0 Å².